The predicted molar refractivity (Wildman–Crippen MR) is 62.9 cm³/mol. The van der Waals surface area contributed by atoms with Crippen molar-refractivity contribution >= 4 is 17.4 Å². The summed E-state index contributed by atoms with van der Waals surface area (Å²) in [6.07, 6.45) is 3.63. The van der Waals surface area contributed by atoms with E-state index in [0.717, 1.165) is 10.1 Å². The van der Waals surface area contributed by atoms with E-state index < -0.39 is 0 Å². The Hall–Kier alpha value is -1.93. The molecule has 0 saturated heterocycles. The lowest BCUT2D eigenvalue weighted by atomic mass is 10.2. The zero-order valence-corrected chi connectivity index (χ0v) is 9.53. The maximum absolute atomic E-state index is 8.76. The molecule has 0 bridgehead atoms. The van der Waals surface area contributed by atoms with Crippen LogP contribution in [0.3, 0.4) is 0 Å². The highest BCUT2D eigenvalue weighted by atomic mass is 32.2. The summed E-state index contributed by atoms with van der Waals surface area (Å²) in [7, 11) is 1.93. The molecule has 2 N–H and O–H groups in total. The molecule has 1 heterocycles. The molecule has 2 rings (SSSR count). The van der Waals surface area contributed by atoms with Crippen LogP contribution in [-0.4, -0.2) is 9.55 Å². The van der Waals surface area contributed by atoms with Gasteiger partial charge >= 0.3 is 0 Å². The molecule has 2 aromatic rings. The van der Waals surface area contributed by atoms with E-state index in [1.807, 2.05) is 29.9 Å². The molecule has 0 fully saturated rings. The molecule has 0 unspecified atom stereocenters. The Labute approximate surface area is 97.7 Å². The molecule has 0 saturated carbocycles. The molecular formula is C11H10N4S. The summed E-state index contributed by atoms with van der Waals surface area (Å²) >= 11 is 1.52. The Morgan fingerprint density at radius 1 is 1.50 bits per heavy atom. The number of nitrogen functional groups attached to an aromatic ring is 1. The third kappa shape index (κ3) is 2.02. The van der Waals surface area contributed by atoms with E-state index in [-0.39, 0.29) is 0 Å². The summed E-state index contributed by atoms with van der Waals surface area (Å²) in [5.74, 6) is 0. The van der Waals surface area contributed by atoms with Gasteiger partial charge in [0.25, 0.3) is 0 Å². The summed E-state index contributed by atoms with van der Waals surface area (Å²) in [5.41, 5.74) is 6.74. The zero-order valence-electron chi connectivity index (χ0n) is 8.71. The van der Waals surface area contributed by atoms with Gasteiger partial charge in [-0.05, 0) is 18.2 Å². The number of nitriles is 1. The molecule has 0 spiro atoms. The van der Waals surface area contributed by atoms with Crippen molar-refractivity contribution in [2.75, 3.05) is 5.73 Å². The van der Waals surface area contributed by atoms with E-state index in [2.05, 4.69) is 4.98 Å². The minimum absolute atomic E-state index is 0.502. The third-order valence-electron chi connectivity index (χ3n) is 2.13. The fourth-order valence-electron chi connectivity index (χ4n) is 1.26. The highest BCUT2D eigenvalue weighted by Crippen LogP contribution is 2.28. The van der Waals surface area contributed by atoms with Crippen molar-refractivity contribution in [1.29, 1.82) is 5.26 Å². The van der Waals surface area contributed by atoms with Crippen molar-refractivity contribution in [2.24, 2.45) is 7.05 Å². The van der Waals surface area contributed by atoms with Crippen molar-refractivity contribution in [3.8, 4) is 6.07 Å². The smallest absolute Gasteiger partial charge is 0.172 e. The van der Waals surface area contributed by atoms with Gasteiger partial charge in [-0.1, -0.05) is 11.8 Å². The SMILES string of the molecule is Cn1ccnc1Sc1ccc(C#N)c(N)c1. The number of hydrogen-bond donors (Lipinski definition) is 1. The molecule has 0 atom stereocenters. The molecule has 0 amide bonds. The standard InChI is InChI=1S/C11H10N4S/c1-15-5-4-14-11(15)16-9-3-2-8(7-12)10(13)6-9/h2-6H,13H2,1H3. The quantitative estimate of drug-likeness (QED) is 0.801. The topological polar surface area (TPSA) is 67.6 Å². The Balaban J connectivity index is 2.27. The number of rotatable bonds is 2. The Morgan fingerprint density at radius 3 is 2.88 bits per heavy atom. The van der Waals surface area contributed by atoms with Gasteiger partial charge in [0.15, 0.2) is 5.16 Å². The first kappa shape index (κ1) is 10.6. The average Bonchev–Trinajstić information content (AvgIpc) is 2.65. The van der Waals surface area contributed by atoms with Gasteiger partial charge in [0.2, 0.25) is 0 Å². The normalized spacial score (nSPS) is 10.0. The molecule has 80 valence electrons. The molecule has 1 aromatic carbocycles. The van der Waals surface area contributed by atoms with Gasteiger partial charge in [-0.2, -0.15) is 5.26 Å². The van der Waals surface area contributed by atoms with Crippen molar-refractivity contribution in [3.63, 3.8) is 0 Å². The highest BCUT2D eigenvalue weighted by molar-refractivity contribution is 7.99. The lowest BCUT2D eigenvalue weighted by Gasteiger charge is -2.03. The van der Waals surface area contributed by atoms with E-state index in [4.69, 9.17) is 11.0 Å². The van der Waals surface area contributed by atoms with Gasteiger partial charge in [-0.15, -0.1) is 0 Å². The maximum Gasteiger partial charge on any atom is 0.172 e. The first-order chi connectivity index (χ1) is 7.70. The molecule has 0 aliphatic heterocycles. The molecule has 0 aliphatic carbocycles. The Bertz CT molecular complexity index is 553. The Kier molecular flexibility index (Phi) is 2.84. The van der Waals surface area contributed by atoms with Crippen LogP contribution in [0.15, 0.2) is 40.6 Å². The van der Waals surface area contributed by atoms with Crippen LogP contribution >= 0.6 is 11.8 Å². The number of imidazole rings is 1. The largest absolute Gasteiger partial charge is 0.398 e. The number of benzene rings is 1. The van der Waals surface area contributed by atoms with Gasteiger partial charge in [0.1, 0.15) is 6.07 Å². The van der Waals surface area contributed by atoms with Crippen molar-refractivity contribution < 1.29 is 0 Å². The van der Waals surface area contributed by atoms with Gasteiger partial charge in [-0.3, -0.25) is 0 Å². The second-order valence-electron chi connectivity index (χ2n) is 3.28. The molecule has 1 aromatic heterocycles. The van der Waals surface area contributed by atoms with Crippen LogP contribution in [-0.2, 0) is 7.05 Å². The van der Waals surface area contributed by atoms with Crippen molar-refractivity contribution in [2.45, 2.75) is 10.1 Å². The van der Waals surface area contributed by atoms with Gasteiger partial charge in [0, 0.05) is 24.3 Å². The molecule has 4 nitrogen and oxygen atoms in total. The summed E-state index contributed by atoms with van der Waals surface area (Å²) in [4.78, 5) is 5.18. The molecule has 0 radical (unpaired) electrons. The second-order valence-corrected chi connectivity index (χ2v) is 4.32. The number of aromatic nitrogens is 2. The molecule has 5 heteroatoms. The highest BCUT2D eigenvalue weighted by Gasteiger charge is 2.04. The van der Waals surface area contributed by atoms with Crippen molar-refractivity contribution in [3.05, 3.63) is 36.2 Å². The first-order valence-corrected chi connectivity index (χ1v) is 5.47. The summed E-state index contributed by atoms with van der Waals surface area (Å²) in [6.45, 7) is 0. The number of nitrogens with two attached hydrogens (primary N) is 1. The van der Waals surface area contributed by atoms with Crippen LogP contribution in [0.2, 0.25) is 0 Å². The third-order valence-corrected chi connectivity index (χ3v) is 3.20. The lowest BCUT2D eigenvalue weighted by Crippen LogP contribution is -1.92. The average molecular weight is 230 g/mol. The monoisotopic (exact) mass is 230 g/mol. The van der Waals surface area contributed by atoms with Crippen LogP contribution in [0.5, 0.6) is 0 Å². The minimum atomic E-state index is 0.502. The van der Waals surface area contributed by atoms with E-state index in [1.165, 1.54) is 11.8 Å². The fraction of sp³-hybridized carbons (Fsp3) is 0.0909. The van der Waals surface area contributed by atoms with Crippen LogP contribution in [0, 0.1) is 11.3 Å². The summed E-state index contributed by atoms with van der Waals surface area (Å²) in [6, 6.07) is 7.42. The van der Waals surface area contributed by atoms with Crippen molar-refractivity contribution in [1.82, 2.24) is 9.55 Å². The summed E-state index contributed by atoms with van der Waals surface area (Å²) in [5, 5.41) is 9.65. The van der Waals surface area contributed by atoms with E-state index in [1.54, 1.807) is 18.3 Å². The number of aryl methyl sites for hydroxylation is 1. The first-order valence-electron chi connectivity index (χ1n) is 4.65. The number of nitrogens with zero attached hydrogens (tertiary/aromatic N) is 3. The maximum atomic E-state index is 8.76. The van der Waals surface area contributed by atoms with E-state index in [9.17, 15) is 0 Å². The number of hydrogen-bond acceptors (Lipinski definition) is 4. The molecular weight excluding hydrogens is 220 g/mol. The predicted octanol–water partition coefficient (Wildman–Crippen LogP) is 2.03. The van der Waals surface area contributed by atoms with Gasteiger partial charge < -0.3 is 10.3 Å². The Morgan fingerprint density at radius 2 is 2.31 bits per heavy atom. The van der Waals surface area contributed by atoms with Gasteiger partial charge in [-0.25, -0.2) is 4.98 Å². The van der Waals surface area contributed by atoms with Crippen LogP contribution in [0.4, 0.5) is 5.69 Å². The zero-order chi connectivity index (χ0) is 11.5. The lowest BCUT2D eigenvalue weighted by molar-refractivity contribution is 0.790. The van der Waals surface area contributed by atoms with Crippen LogP contribution < -0.4 is 5.73 Å². The van der Waals surface area contributed by atoms with Gasteiger partial charge in [0.05, 0.1) is 11.3 Å². The van der Waals surface area contributed by atoms with Crippen LogP contribution in [0.25, 0.3) is 0 Å². The van der Waals surface area contributed by atoms with E-state index in [0.29, 0.717) is 11.3 Å². The van der Waals surface area contributed by atoms with E-state index >= 15 is 0 Å². The molecule has 0 aliphatic rings. The summed E-state index contributed by atoms with van der Waals surface area (Å²) < 4.78 is 1.93. The van der Waals surface area contributed by atoms with Crippen LogP contribution in [0.1, 0.15) is 5.56 Å². The second kappa shape index (κ2) is 4.29. The number of anilines is 1. The fourth-order valence-corrected chi connectivity index (χ4v) is 2.11. The minimum Gasteiger partial charge on any atom is -0.398 e. The molecule has 16 heavy (non-hydrogen) atoms.